The molecule has 0 heterocycles. The molecule has 0 spiro atoms. The molecule has 3 N–H and O–H groups in total. The molecule has 0 aromatic carbocycles. The van der Waals surface area contributed by atoms with Crippen LogP contribution in [0.4, 0.5) is 0 Å². The summed E-state index contributed by atoms with van der Waals surface area (Å²) in [6.07, 6.45) is 3.02. The maximum atomic E-state index is 11.0. The molecule has 0 aliphatic heterocycles. The highest BCUT2D eigenvalue weighted by Crippen LogP contribution is 2.28. The normalized spacial score (nSPS) is 19.5. The molecule has 64 valence electrons. The molecular weight excluding hydrogens is 140 g/mol. The third-order valence-electron chi connectivity index (χ3n) is 1.85. The van der Waals surface area contributed by atoms with Gasteiger partial charge in [0.15, 0.2) is 0 Å². The molecule has 0 saturated heterocycles. The lowest BCUT2D eigenvalue weighted by Crippen LogP contribution is -2.29. The van der Waals surface area contributed by atoms with Crippen molar-refractivity contribution in [1.82, 2.24) is 5.32 Å². The van der Waals surface area contributed by atoms with Crippen molar-refractivity contribution < 1.29 is 4.79 Å². The van der Waals surface area contributed by atoms with Gasteiger partial charge < -0.3 is 11.1 Å². The van der Waals surface area contributed by atoms with E-state index in [0.29, 0.717) is 5.92 Å². The number of amides is 1. The van der Waals surface area contributed by atoms with Crippen molar-refractivity contribution in [2.75, 3.05) is 6.54 Å². The van der Waals surface area contributed by atoms with E-state index in [9.17, 15) is 4.79 Å². The van der Waals surface area contributed by atoms with Crippen molar-refractivity contribution in [3.8, 4) is 0 Å². The summed E-state index contributed by atoms with van der Waals surface area (Å²) >= 11 is 0. The second-order valence-electron chi connectivity index (χ2n) is 3.33. The van der Waals surface area contributed by atoms with Crippen LogP contribution in [0.3, 0.4) is 0 Å². The Morgan fingerprint density at radius 1 is 1.73 bits per heavy atom. The number of nitrogens with one attached hydrogen (secondary N) is 1. The van der Waals surface area contributed by atoms with Crippen molar-refractivity contribution in [2.45, 2.75) is 32.2 Å². The minimum atomic E-state index is 0.189. The quantitative estimate of drug-likeness (QED) is 0.613. The summed E-state index contributed by atoms with van der Waals surface area (Å²) < 4.78 is 0. The molecule has 11 heavy (non-hydrogen) atoms. The van der Waals surface area contributed by atoms with Crippen LogP contribution >= 0.6 is 0 Å². The van der Waals surface area contributed by atoms with Gasteiger partial charge >= 0.3 is 0 Å². The largest absolute Gasteiger partial charge is 0.356 e. The Morgan fingerprint density at radius 2 is 2.36 bits per heavy atom. The van der Waals surface area contributed by atoms with E-state index in [4.69, 9.17) is 5.73 Å². The molecular formula is C8H16N2O. The average Bonchev–Trinajstić information content (AvgIpc) is 2.66. The van der Waals surface area contributed by atoms with Crippen LogP contribution in [0.1, 0.15) is 26.2 Å². The predicted octanol–water partition coefficient (Wildman–Crippen LogP) is 0.250. The zero-order chi connectivity index (χ0) is 8.27. The molecule has 0 aromatic rings. The fourth-order valence-electron chi connectivity index (χ4n) is 0.913. The lowest BCUT2D eigenvalue weighted by Gasteiger charge is -2.05. The van der Waals surface area contributed by atoms with Gasteiger partial charge in [-0.2, -0.15) is 0 Å². The van der Waals surface area contributed by atoms with Gasteiger partial charge in [-0.05, 0) is 26.2 Å². The fraction of sp³-hybridized carbons (Fsp3) is 0.875. The summed E-state index contributed by atoms with van der Waals surface area (Å²) in [5.74, 6) is 0.536. The van der Waals surface area contributed by atoms with Gasteiger partial charge in [0.25, 0.3) is 0 Å². The smallest absolute Gasteiger partial charge is 0.223 e. The molecule has 1 amide bonds. The lowest BCUT2D eigenvalue weighted by atomic mass is 10.2. The van der Waals surface area contributed by atoms with E-state index in [0.717, 1.165) is 25.8 Å². The molecule has 0 aromatic heterocycles. The maximum absolute atomic E-state index is 11.0. The Kier molecular flexibility index (Phi) is 2.88. The first-order valence-corrected chi connectivity index (χ1v) is 4.23. The molecule has 1 aliphatic rings. The number of carbonyl (C=O) groups excluding carboxylic acids is 1. The van der Waals surface area contributed by atoms with Crippen LogP contribution in [-0.4, -0.2) is 18.5 Å². The van der Waals surface area contributed by atoms with Gasteiger partial charge in [0, 0.05) is 18.5 Å². The number of rotatable bonds is 4. The monoisotopic (exact) mass is 156 g/mol. The van der Waals surface area contributed by atoms with Gasteiger partial charge in [0.1, 0.15) is 0 Å². The fourth-order valence-corrected chi connectivity index (χ4v) is 0.913. The second-order valence-corrected chi connectivity index (χ2v) is 3.33. The highest BCUT2D eigenvalue weighted by atomic mass is 16.2. The van der Waals surface area contributed by atoms with E-state index in [1.54, 1.807) is 0 Å². The topological polar surface area (TPSA) is 55.1 Å². The third kappa shape index (κ3) is 3.37. The highest BCUT2D eigenvalue weighted by Gasteiger charge is 2.28. The Hall–Kier alpha value is -0.570. The molecule has 1 unspecified atom stereocenters. The Morgan fingerprint density at radius 3 is 2.82 bits per heavy atom. The second kappa shape index (κ2) is 3.72. The van der Waals surface area contributed by atoms with Crippen molar-refractivity contribution in [3.05, 3.63) is 0 Å². The average molecular weight is 156 g/mol. The first kappa shape index (κ1) is 8.53. The Balaban J connectivity index is 1.97. The summed E-state index contributed by atoms with van der Waals surface area (Å²) in [7, 11) is 0. The summed E-state index contributed by atoms with van der Waals surface area (Å²) in [5.41, 5.74) is 5.52. The van der Waals surface area contributed by atoms with Gasteiger partial charge in [-0.25, -0.2) is 0 Å². The third-order valence-corrected chi connectivity index (χ3v) is 1.85. The van der Waals surface area contributed by atoms with Gasteiger partial charge in [-0.1, -0.05) is 0 Å². The minimum absolute atomic E-state index is 0.189. The van der Waals surface area contributed by atoms with Gasteiger partial charge in [-0.15, -0.1) is 0 Å². The summed E-state index contributed by atoms with van der Waals surface area (Å²) in [6, 6.07) is 0.189. The van der Waals surface area contributed by atoms with Crippen molar-refractivity contribution >= 4 is 5.91 Å². The molecule has 0 bridgehead atoms. The van der Waals surface area contributed by atoms with E-state index >= 15 is 0 Å². The van der Waals surface area contributed by atoms with E-state index in [1.807, 2.05) is 6.92 Å². The van der Waals surface area contributed by atoms with Crippen molar-refractivity contribution in [3.63, 3.8) is 0 Å². The predicted molar refractivity (Wildman–Crippen MR) is 44.0 cm³/mol. The zero-order valence-corrected chi connectivity index (χ0v) is 6.97. The maximum Gasteiger partial charge on any atom is 0.223 e. The first-order chi connectivity index (χ1) is 5.20. The Bertz CT molecular complexity index is 141. The molecule has 3 heteroatoms. The molecule has 0 radical (unpaired) electrons. The minimum Gasteiger partial charge on any atom is -0.356 e. The van der Waals surface area contributed by atoms with Crippen LogP contribution in [0.15, 0.2) is 0 Å². The molecule has 1 aliphatic carbocycles. The molecule has 1 rings (SSSR count). The zero-order valence-electron chi connectivity index (χ0n) is 6.97. The first-order valence-electron chi connectivity index (χ1n) is 4.23. The number of nitrogens with two attached hydrogens (primary N) is 1. The van der Waals surface area contributed by atoms with Crippen molar-refractivity contribution in [1.29, 1.82) is 0 Å². The molecule has 1 atom stereocenters. The molecule has 1 fully saturated rings. The standard InChI is InChI=1S/C8H16N2O/c1-6(9)4-5-10-8(11)7-2-3-7/h6-7H,2-5,9H2,1H3,(H,10,11). The number of hydrogen-bond acceptors (Lipinski definition) is 2. The SMILES string of the molecule is CC(N)CCNC(=O)C1CC1. The van der Waals surface area contributed by atoms with E-state index < -0.39 is 0 Å². The Labute approximate surface area is 67.3 Å². The van der Waals surface area contributed by atoms with E-state index in [-0.39, 0.29) is 11.9 Å². The van der Waals surface area contributed by atoms with E-state index in [1.165, 1.54) is 0 Å². The summed E-state index contributed by atoms with van der Waals surface area (Å²) in [5, 5.41) is 2.86. The summed E-state index contributed by atoms with van der Waals surface area (Å²) in [6.45, 7) is 2.68. The van der Waals surface area contributed by atoms with Crippen LogP contribution in [0.2, 0.25) is 0 Å². The number of hydrogen-bond donors (Lipinski definition) is 2. The van der Waals surface area contributed by atoms with Crippen LogP contribution in [0.5, 0.6) is 0 Å². The van der Waals surface area contributed by atoms with E-state index in [2.05, 4.69) is 5.32 Å². The molecule has 3 nitrogen and oxygen atoms in total. The van der Waals surface area contributed by atoms with Gasteiger partial charge in [0.2, 0.25) is 5.91 Å². The molecule has 1 saturated carbocycles. The van der Waals surface area contributed by atoms with Crippen molar-refractivity contribution in [2.24, 2.45) is 11.7 Å². The van der Waals surface area contributed by atoms with Gasteiger partial charge in [0.05, 0.1) is 0 Å². The lowest BCUT2D eigenvalue weighted by molar-refractivity contribution is -0.122. The van der Waals surface area contributed by atoms with Crippen LogP contribution in [0, 0.1) is 5.92 Å². The van der Waals surface area contributed by atoms with Crippen LogP contribution in [0.25, 0.3) is 0 Å². The van der Waals surface area contributed by atoms with Crippen LogP contribution in [-0.2, 0) is 4.79 Å². The number of carbonyl (C=O) groups is 1. The van der Waals surface area contributed by atoms with Gasteiger partial charge in [-0.3, -0.25) is 4.79 Å². The van der Waals surface area contributed by atoms with Crippen LogP contribution < -0.4 is 11.1 Å². The summed E-state index contributed by atoms with van der Waals surface area (Å²) in [4.78, 5) is 11.0. The highest BCUT2D eigenvalue weighted by molar-refractivity contribution is 5.80.